The quantitative estimate of drug-likeness (QED) is 0.535. The summed E-state index contributed by atoms with van der Waals surface area (Å²) in [5.41, 5.74) is 2.27. The summed E-state index contributed by atoms with van der Waals surface area (Å²) in [7, 11) is 3.25. The molecule has 2 aliphatic rings. The number of halogens is 3. The van der Waals surface area contributed by atoms with Crippen LogP contribution in [0.1, 0.15) is 17.8 Å². The van der Waals surface area contributed by atoms with Crippen LogP contribution in [0.2, 0.25) is 0 Å². The van der Waals surface area contributed by atoms with Crippen molar-refractivity contribution in [2.24, 2.45) is 18.0 Å². The Bertz CT molecular complexity index is 1310. The molecule has 1 aliphatic carbocycles. The number of Topliss-reactive ketones (excluding diaryl/α,β-unsaturated/α-hetero) is 1. The number of para-hydroxylation sites is 1. The Morgan fingerprint density at radius 1 is 1.32 bits per heavy atom. The fourth-order valence-corrected chi connectivity index (χ4v) is 4.01. The Kier molecular flexibility index (Phi) is 5.54. The van der Waals surface area contributed by atoms with Crippen LogP contribution in [-0.2, 0) is 24.7 Å². The number of carbonyl (C=O) groups excluding carboxylic acids is 1. The summed E-state index contributed by atoms with van der Waals surface area (Å²) >= 11 is 0. The van der Waals surface area contributed by atoms with Crippen molar-refractivity contribution in [3.8, 4) is 17.1 Å². The molecule has 1 aromatic carbocycles. The van der Waals surface area contributed by atoms with Crippen LogP contribution in [0.5, 0.6) is 5.75 Å². The summed E-state index contributed by atoms with van der Waals surface area (Å²) < 4.78 is 47.3. The fraction of sp³-hybridized carbons (Fsp3) is 0.348. The van der Waals surface area contributed by atoms with Crippen LogP contribution >= 0.6 is 0 Å². The van der Waals surface area contributed by atoms with Crippen LogP contribution in [0.3, 0.4) is 0 Å². The zero-order chi connectivity index (χ0) is 24.0. The molecule has 0 unspecified atom stereocenters. The van der Waals surface area contributed by atoms with E-state index >= 15 is 0 Å². The standard InChI is InChI=1S/C23H21F3N6O2/c1-32-10-27-23(31-32)12-4-3-5-15(21(12)34-2)29-16-6-11(7-19(33)13-8-14(13)24)28-17-9-18(22(25)26)30-20(16)17/h3-6,10,13-14,22H,7-9H2,1-2H3,(H,28,29)/t13-,14+/m0/s1. The first-order chi connectivity index (χ1) is 16.3. The van der Waals surface area contributed by atoms with Gasteiger partial charge in [0, 0.05) is 19.9 Å². The molecule has 1 N–H and O–H groups in total. The summed E-state index contributed by atoms with van der Waals surface area (Å²) in [5, 5.41) is 7.52. The average Bonchev–Trinajstić information content (AvgIpc) is 3.18. The van der Waals surface area contributed by atoms with Crippen LogP contribution in [0.25, 0.3) is 11.4 Å². The van der Waals surface area contributed by atoms with Gasteiger partial charge in [0.1, 0.15) is 24.0 Å². The molecule has 176 valence electrons. The summed E-state index contributed by atoms with van der Waals surface area (Å²) in [6, 6.07) is 6.93. The molecule has 5 rings (SSSR count). The highest BCUT2D eigenvalue weighted by atomic mass is 19.3. The third-order valence-corrected chi connectivity index (χ3v) is 5.78. The zero-order valence-electron chi connectivity index (χ0n) is 18.4. The Hall–Kier alpha value is -3.76. The highest BCUT2D eigenvalue weighted by Crippen LogP contribution is 2.42. The van der Waals surface area contributed by atoms with E-state index in [4.69, 9.17) is 4.74 Å². The Morgan fingerprint density at radius 2 is 2.12 bits per heavy atom. The van der Waals surface area contributed by atoms with E-state index in [-0.39, 0.29) is 36.4 Å². The third kappa shape index (κ3) is 4.13. The van der Waals surface area contributed by atoms with E-state index in [1.165, 1.54) is 7.11 Å². The SMILES string of the molecule is COc1c(Nc2cc(CC(=O)[C@H]3C[C@H]3F)nc3c2N=C(C(F)F)C3)cccc1-c1ncn(C)n1. The Morgan fingerprint density at radius 3 is 2.76 bits per heavy atom. The number of benzene rings is 1. The number of carbonyl (C=O) groups is 1. The molecule has 3 heterocycles. The first-order valence-electron chi connectivity index (χ1n) is 10.7. The second-order valence-electron chi connectivity index (χ2n) is 8.29. The number of hydrogen-bond acceptors (Lipinski definition) is 7. The Balaban J connectivity index is 1.53. The van der Waals surface area contributed by atoms with Gasteiger partial charge in [0.2, 0.25) is 0 Å². The van der Waals surface area contributed by atoms with Crippen molar-refractivity contribution in [2.45, 2.75) is 31.9 Å². The van der Waals surface area contributed by atoms with Gasteiger partial charge in [-0.15, -0.1) is 0 Å². The smallest absolute Gasteiger partial charge is 0.277 e. The van der Waals surface area contributed by atoms with Crippen molar-refractivity contribution in [3.63, 3.8) is 0 Å². The molecule has 0 amide bonds. The fourth-order valence-electron chi connectivity index (χ4n) is 4.01. The zero-order valence-corrected chi connectivity index (χ0v) is 18.4. The number of fused-ring (bicyclic) bond motifs is 1. The molecule has 0 saturated heterocycles. The van der Waals surface area contributed by atoms with Crippen molar-refractivity contribution in [2.75, 3.05) is 12.4 Å². The number of aromatic nitrogens is 4. The molecule has 11 heteroatoms. The number of pyridine rings is 1. The van der Waals surface area contributed by atoms with Gasteiger partial charge in [-0.2, -0.15) is 5.10 Å². The average molecular weight is 470 g/mol. The van der Waals surface area contributed by atoms with Gasteiger partial charge in [-0.05, 0) is 24.6 Å². The number of aliphatic imine (C=N–C) groups is 1. The maximum Gasteiger partial charge on any atom is 0.277 e. The Labute approximate surface area is 192 Å². The van der Waals surface area contributed by atoms with Crippen LogP contribution in [-0.4, -0.2) is 51.0 Å². The number of ketones is 1. The van der Waals surface area contributed by atoms with Gasteiger partial charge in [-0.3, -0.25) is 14.5 Å². The number of rotatable bonds is 8. The minimum Gasteiger partial charge on any atom is -0.494 e. The highest BCUT2D eigenvalue weighted by Gasteiger charge is 2.43. The lowest BCUT2D eigenvalue weighted by Crippen LogP contribution is -2.12. The van der Waals surface area contributed by atoms with Gasteiger partial charge in [0.15, 0.2) is 11.6 Å². The maximum atomic E-state index is 13.4. The van der Waals surface area contributed by atoms with Crippen molar-refractivity contribution in [1.29, 1.82) is 0 Å². The van der Waals surface area contributed by atoms with E-state index in [0.29, 0.717) is 39.9 Å². The lowest BCUT2D eigenvalue weighted by Gasteiger charge is -2.16. The van der Waals surface area contributed by atoms with Crippen molar-refractivity contribution >= 4 is 28.6 Å². The van der Waals surface area contributed by atoms with E-state index in [0.717, 1.165) is 0 Å². The predicted molar refractivity (Wildman–Crippen MR) is 119 cm³/mol. The first kappa shape index (κ1) is 22.1. The topological polar surface area (TPSA) is 94.3 Å². The molecule has 8 nitrogen and oxygen atoms in total. The van der Waals surface area contributed by atoms with E-state index in [1.54, 1.807) is 42.3 Å². The third-order valence-electron chi connectivity index (χ3n) is 5.78. The van der Waals surface area contributed by atoms with E-state index in [9.17, 15) is 18.0 Å². The number of ether oxygens (including phenoxy) is 1. The number of alkyl halides is 3. The predicted octanol–water partition coefficient (Wildman–Crippen LogP) is 3.99. The minimum absolute atomic E-state index is 0.0773. The van der Waals surface area contributed by atoms with Crippen molar-refractivity contribution < 1.29 is 22.7 Å². The number of methoxy groups -OCH3 is 1. The van der Waals surface area contributed by atoms with Gasteiger partial charge in [-0.25, -0.2) is 23.1 Å². The molecule has 1 saturated carbocycles. The lowest BCUT2D eigenvalue weighted by molar-refractivity contribution is -0.120. The first-order valence-corrected chi connectivity index (χ1v) is 10.7. The van der Waals surface area contributed by atoms with Gasteiger partial charge in [0.25, 0.3) is 6.43 Å². The lowest BCUT2D eigenvalue weighted by atomic mass is 10.1. The summed E-state index contributed by atoms with van der Waals surface area (Å²) in [6.07, 6.45) is -2.24. The monoisotopic (exact) mass is 470 g/mol. The van der Waals surface area contributed by atoms with Crippen LogP contribution < -0.4 is 10.1 Å². The van der Waals surface area contributed by atoms with E-state index in [1.807, 2.05) is 0 Å². The molecule has 0 bridgehead atoms. The molecule has 1 fully saturated rings. The summed E-state index contributed by atoms with van der Waals surface area (Å²) in [6.45, 7) is 0. The van der Waals surface area contributed by atoms with Gasteiger partial charge >= 0.3 is 0 Å². The van der Waals surface area contributed by atoms with Gasteiger partial charge < -0.3 is 10.1 Å². The number of aryl methyl sites for hydroxylation is 1. The normalized spacial score (nSPS) is 18.6. The van der Waals surface area contributed by atoms with Gasteiger partial charge in [-0.1, -0.05) is 6.07 Å². The molecule has 3 aromatic rings. The minimum atomic E-state index is -2.72. The molecule has 2 aromatic heterocycles. The summed E-state index contributed by atoms with van der Waals surface area (Å²) in [5.74, 6) is 0.0466. The molecule has 34 heavy (non-hydrogen) atoms. The van der Waals surface area contributed by atoms with Crippen molar-refractivity contribution in [3.05, 3.63) is 42.0 Å². The number of nitrogens with zero attached hydrogens (tertiary/aromatic N) is 5. The molecule has 2 atom stereocenters. The highest BCUT2D eigenvalue weighted by molar-refractivity contribution is 5.99. The second-order valence-corrected chi connectivity index (χ2v) is 8.29. The maximum absolute atomic E-state index is 13.4. The van der Waals surface area contributed by atoms with E-state index < -0.39 is 18.5 Å². The molecule has 1 aliphatic heterocycles. The molecular weight excluding hydrogens is 449 g/mol. The summed E-state index contributed by atoms with van der Waals surface area (Å²) in [4.78, 5) is 25.1. The van der Waals surface area contributed by atoms with Crippen LogP contribution in [0.15, 0.2) is 35.6 Å². The van der Waals surface area contributed by atoms with Crippen molar-refractivity contribution in [1.82, 2.24) is 19.7 Å². The molecule has 0 radical (unpaired) electrons. The number of anilines is 2. The second kappa shape index (κ2) is 8.54. The number of nitrogens with one attached hydrogen (secondary N) is 1. The van der Waals surface area contributed by atoms with Crippen LogP contribution in [0.4, 0.5) is 30.2 Å². The largest absolute Gasteiger partial charge is 0.494 e. The number of hydrogen-bond donors (Lipinski definition) is 1. The van der Waals surface area contributed by atoms with E-state index in [2.05, 4.69) is 25.4 Å². The molecular formula is C23H21F3N6O2. The molecule has 0 spiro atoms. The van der Waals surface area contributed by atoms with Gasteiger partial charge in [0.05, 0.1) is 47.1 Å². The van der Waals surface area contributed by atoms with Crippen LogP contribution in [0, 0.1) is 5.92 Å².